The number of nitrogens with zero attached hydrogens (tertiary/aromatic N) is 1. The van der Waals surface area contributed by atoms with E-state index in [0.717, 1.165) is 30.9 Å². The Labute approximate surface area is 86.3 Å². The molecule has 0 bridgehead atoms. The van der Waals surface area contributed by atoms with E-state index in [9.17, 15) is 4.79 Å². The number of hydrogen-bond donors (Lipinski definition) is 1. The van der Waals surface area contributed by atoms with Gasteiger partial charge >= 0.3 is 0 Å². The summed E-state index contributed by atoms with van der Waals surface area (Å²) in [6.07, 6.45) is 2.24. The molecule has 76 valence electrons. The molecule has 4 nitrogen and oxygen atoms in total. The molecule has 0 radical (unpaired) electrons. The number of nitrogens with one attached hydrogen (secondary N) is 1. The minimum Gasteiger partial charge on any atom is -0.409 e. The van der Waals surface area contributed by atoms with E-state index in [1.165, 1.54) is 0 Å². The van der Waals surface area contributed by atoms with Crippen LogP contribution in [0.25, 0.3) is 0 Å². The Kier molecular flexibility index (Phi) is 3.10. The topological polar surface area (TPSA) is 51.2 Å². The number of hydrogen-bond acceptors (Lipinski definition) is 5. The normalized spacial score (nSPS) is 18.0. The second-order valence-corrected chi connectivity index (χ2v) is 4.15. The first-order valence-electron chi connectivity index (χ1n) is 4.66. The van der Waals surface area contributed by atoms with Crippen LogP contribution >= 0.6 is 11.3 Å². The maximum atomic E-state index is 10.1. The van der Waals surface area contributed by atoms with Crippen LogP contribution in [-0.4, -0.2) is 24.5 Å². The van der Waals surface area contributed by atoms with E-state index < -0.39 is 0 Å². The molecule has 0 amide bonds. The summed E-state index contributed by atoms with van der Waals surface area (Å²) >= 11 is 1.57. The minimum absolute atomic E-state index is 0.418. The van der Waals surface area contributed by atoms with E-state index >= 15 is 0 Å². The van der Waals surface area contributed by atoms with Crippen LogP contribution in [0.2, 0.25) is 0 Å². The van der Waals surface area contributed by atoms with Crippen molar-refractivity contribution in [3.05, 3.63) is 10.4 Å². The summed E-state index contributed by atoms with van der Waals surface area (Å²) in [6.45, 7) is 2.52. The van der Waals surface area contributed by atoms with Crippen LogP contribution in [0, 0.1) is 0 Å². The van der Waals surface area contributed by atoms with Gasteiger partial charge < -0.3 is 10.1 Å². The molecule has 1 aliphatic heterocycles. The molecule has 1 N–H and O–H groups in total. The molecule has 1 aromatic rings. The first-order valence-corrected chi connectivity index (χ1v) is 5.54. The molecule has 0 aliphatic carbocycles. The molecule has 14 heavy (non-hydrogen) atoms. The van der Waals surface area contributed by atoms with Crippen molar-refractivity contribution in [3.8, 4) is 5.88 Å². The standard InChI is InChI=1S/C9H12N2O2S/c12-6-13-8-5-14-9(11-8)7-1-3-10-4-2-7/h5-7,10H,1-4H2. The van der Waals surface area contributed by atoms with Gasteiger partial charge in [-0.3, -0.25) is 4.79 Å². The van der Waals surface area contributed by atoms with E-state index in [-0.39, 0.29) is 0 Å². The Morgan fingerprint density at radius 1 is 1.57 bits per heavy atom. The van der Waals surface area contributed by atoms with Gasteiger partial charge in [-0.05, 0) is 25.9 Å². The van der Waals surface area contributed by atoms with Crippen molar-refractivity contribution < 1.29 is 9.53 Å². The maximum Gasteiger partial charge on any atom is 0.299 e. The lowest BCUT2D eigenvalue weighted by molar-refractivity contribution is -0.120. The summed E-state index contributed by atoms with van der Waals surface area (Å²) in [5, 5.41) is 6.18. The molecule has 1 saturated heterocycles. The smallest absolute Gasteiger partial charge is 0.299 e. The highest BCUT2D eigenvalue weighted by atomic mass is 32.1. The van der Waals surface area contributed by atoms with Crippen LogP contribution in [0.5, 0.6) is 5.88 Å². The molecular weight excluding hydrogens is 200 g/mol. The van der Waals surface area contributed by atoms with Crippen molar-refractivity contribution in [2.24, 2.45) is 0 Å². The van der Waals surface area contributed by atoms with Crippen LogP contribution in [0.4, 0.5) is 0 Å². The lowest BCUT2D eigenvalue weighted by Crippen LogP contribution is -2.26. The van der Waals surface area contributed by atoms with Crippen LogP contribution < -0.4 is 10.1 Å². The third-order valence-corrected chi connectivity index (χ3v) is 3.34. The quantitative estimate of drug-likeness (QED) is 0.763. The number of thiazole rings is 1. The van der Waals surface area contributed by atoms with Crippen molar-refractivity contribution >= 4 is 17.8 Å². The SMILES string of the molecule is O=COc1csc(C2CCNCC2)n1. The second-order valence-electron chi connectivity index (χ2n) is 3.26. The van der Waals surface area contributed by atoms with E-state index in [1.807, 2.05) is 0 Å². The third-order valence-electron chi connectivity index (χ3n) is 2.36. The zero-order chi connectivity index (χ0) is 9.80. The summed E-state index contributed by atoms with van der Waals surface area (Å²) in [7, 11) is 0. The van der Waals surface area contributed by atoms with E-state index in [1.54, 1.807) is 16.7 Å². The fraction of sp³-hybridized carbons (Fsp3) is 0.556. The predicted octanol–water partition coefficient (Wildman–Crippen LogP) is 1.15. The van der Waals surface area contributed by atoms with Crippen LogP contribution in [-0.2, 0) is 4.79 Å². The van der Waals surface area contributed by atoms with Gasteiger partial charge in [-0.2, -0.15) is 0 Å². The molecular formula is C9H12N2O2S. The molecule has 1 fully saturated rings. The van der Waals surface area contributed by atoms with Crippen molar-refractivity contribution in [3.63, 3.8) is 0 Å². The summed E-state index contributed by atoms with van der Waals surface area (Å²) in [5.74, 6) is 0.962. The Morgan fingerprint density at radius 2 is 2.36 bits per heavy atom. The average molecular weight is 212 g/mol. The van der Waals surface area contributed by atoms with Crippen molar-refractivity contribution in [1.29, 1.82) is 0 Å². The highest BCUT2D eigenvalue weighted by Gasteiger charge is 2.18. The van der Waals surface area contributed by atoms with Crippen LogP contribution in [0.3, 0.4) is 0 Å². The largest absolute Gasteiger partial charge is 0.409 e. The lowest BCUT2D eigenvalue weighted by atomic mass is 9.99. The van der Waals surface area contributed by atoms with Gasteiger partial charge in [-0.1, -0.05) is 0 Å². The first kappa shape index (κ1) is 9.61. The number of aromatic nitrogens is 1. The molecule has 2 rings (SSSR count). The number of carbonyl (C=O) groups excluding carboxylic acids is 1. The second kappa shape index (κ2) is 4.52. The van der Waals surface area contributed by atoms with Crippen molar-refractivity contribution in [1.82, 2.24) is 10.3 Å². The van der Waals surface area contributed by atoms with Gasteiger partial charge in [0.25, 0.3) is 6.47 Å². The fourth-order valence-electron chi connectivity index (χ4n) is 1.63. The van der Waals surface area contributed by atoms with Crippen molar-refractivity contribution in [2.75, 3.05) is 13.1 Å². The number of ether oxygens (including phenoxy) is 1. The zero-order valence-electron chi connectivity index (χ0n) is 7.73. The van der Waals surface area contributed by atoms with Crippen LogP contribution in [0.1, 0.15) is 23.8 Å². The average Bonchev–Trinajstić information content (AvgIpc) is 2.68. The lowest BCUT2D eigenvalue weighted by Gasteiger charge is -2.20. The van der Waals surface area contributed by atoms with Gasteiger partial charge in [0.05, 0.1) is 10.4 Å². The predicted molar refractivity (Wildman–Crippen MR) is 53.7 cm³/mol. The number of carbonyl (C=O) groups is 1. The Hall–Kier alpha value is -0.940. The summed E-state index contributed by atoms with van der Waals surface area (Å²) < 4.78 is 4.68. The summed E-state index contributed by atoms with van der Waals surface area (Å²) in [6, 6.07) is 0. The molecule has 0 unspecified atom stereocenters. The van der Waals surface area contributed by atoms with E-state index in [4.69, 9.17) is 0 Å². The van der Waals surface area contributed by atoms with Gasteiger partial charge in [-0.25, -0.2) is 4.98 Å². The Morgan fingerprint density at radius 3 is 3.07 bits per heavy atom. The maximum absolute atomic E-state index is 10.1. The zero-order valence-corrected chi connectivity index (χ0v) is 8.55. The molecule has 1 aliphatic rings. The highest BCUT2D eigenvalue weighted by molar-refractivity contribution is 7.09. The molecule has 0 spiro atoms. The molecule has 2 heterocycles. The van der Waals surface area contributed by atoms with Gasteiger partial charge in [0, 0.05) is 5.92 Å². The molecule has 1 aromatic heterocycles. The summed E-state index contributed by atoms with van der Waals surface area (Å²) in [5.41, 5.74) is 0. The van der Waals surface area contributed by atoms with Crippen molar-refractivity contribution in [2.45, 2.75) is 18.8 Å². The highest BCUT2D eigenvalue weighted by Crippen LogP contribution is 2.29. The molecule has 0 atom stereocenters. The number of piperidine rings is 1. The van der Waals surface area contributed by atoms with Gasteiger partial charge in [0.15, 0.2) is 0 Å². The molecule has 0 aromatic carbocycles. The van der Waals surface area contributed by atoms with Gasteiger partial charge in [0.2, 0.25) is 5.88 Å². The molecule has 0 saturated carbocycles. The van der Waals surface area contributed by atoms with E-state index in [2.05, 4.69) is 15.0 Å². The Bertz CT molecular complexity index is 308. The van der Waals surface area contributed by atoms with E-state index in [0.29, 0.717) is 18.3 Å². The Balaban J connectivity index is 2.03. The van der Waals surface area contributed by atoms with Gasteiger partial charge in [-0.15, -0.1) is 11.3 Å². The molecule has 5 heteroatoms. The fourth-order valence-corrected chi connectivity index (χ4v) is 2.53. The first-order chi connectivity index (χ1) is 6.90. The monoisotopic (exact) mass is 212 g/mol. The van der Waals surface area contributed by atoms with Crippen LogP contribution in [0.15, 0.2) is 5.38 Å². The van der Waals surface area contributed by atoms with Gasteiger partial charge in [0.1, 0.15) is 0 Å². The number of rotatable bonds is 3. The minimum atomic E-state index is 0.418. The third kappa shape index (κ3) is 2.10. The summed E-state index contributed by atoms with van der Waals surface area (Å²) in [4.78, 5) is 14.4.